The first-order valence-electron chi connectivity index (χ1n) is 9.55. The van der Waals surface area contributed by atoms with Crippen LogP contribution in [-0.2, 0) is 13.0 Å². The van der Waals surface area contributed by atoms with E-state index in [0.717, 1.165) is 27.8 Å². The minimum atomic E-state index is -0.476. The lowest BCUT2D eigenvalue weighted by atomic mass is 10.1. The summed E-state index contributed by atoms with van der Waals surface area (Å²) in [6.45, 7) is 2.44. The maximum atomic E-state index is 13.4. The van der Waals surface area contributed by atoms with Gasteiger partial charge >= 0.3 is 0 Å². The number of anilines is 1. The zero-order valence-electron chi connectivity index (χ0n) is 16.3. The highest BCUT2D eigenvalue weighted by Crippen LogP contribution is 2.33. The quantitative estimate of drug-likeness (QED) is 0.302. The minimum Gasteiger partial charge on any atom is -0.279 e. The molecule has 150 valence electrons. The third-order valence-electron chi connectivity index (χ3n) is 4.86. The summed E-state index contributed by atoms with van der Waals surface area (Å²) in [6.07, 6.45) is 0.857. The van der Waals surface area contributed by atoms with Crippen LogP contribution >= 0.6 is 11.3 Å². The number of amides is 1. The molecule has 1 heterocycles. The van der Waals surface area contributed by atoms with Gasteiger partial charge in [0.05, 0.1) is 21.7 Å². The minimum absolute atomic E-state index is 0.0475. The average molecular weight is 417 g/mol. The highest BCUT2D eigenvalue weighted by molar-refractivity contribution is 7.22. The third kappa shape index (κ3) is 3.92. The van der Waals surface area contributed by atoms with Crippen LogP contribution in [0.1, 0.15) is 28.4 Å². The molecule has 7 heteroatoms. The molecule has 0 saturated heterocycles. The van der Waals surface area contributed by atoms with Gasteiger partial charge in [-0.2, -0.15) is 0 Å². The summed E-state index contributed by atoms with van der Waals surface area (Å²) < 4.78 is 1.03. The number of non-ortho nitro benzene ring substituents is 1. The normalized spacial score (nSPS) is 10.8. The van der Waals surface area contributed by atoms with Gasteiger partial charge in [-0.25, -0.2) is 4.98 Å². The van der Waals surface area contributed by atoms with E-state index in [4.69, 9.17) is 4.98 Å². The Labute approximate surface area is 177 Å². The number of benzene rings is 3. The van der Waals surface area contributed by atoms with Crippen LogP contribution in [0.5, 0.6) is 0 Å². The van der Waals surface area contributed by atoms with E-state index in [-0.39, 0.29) is 11.6 Å². The summed E-state index contributed by atoms with van der Waals surface area (Å²) in [5.74, 6) is -0.245. The Balaban J connectivity index is 1.76. The summed E-state index contributed by atoms with van der Waals surface area (Å²) in [4.78, 5) is 30.3. The first-order chi connectivity index (χ1) is 14.6. The van der Waals surface area contributed by atoms with Gasteiger partial charge in [-0.3, -0.25) is 19.8 Å². The predicted molar refractivity (Wildman–Crippen MR) is 119 cm³/mol. The molecule has 0 spiro atoms. The molecule has 1 amide bonds. The molecule has 0 radical (unpaired) electrons. The Kier molecular flexibility index (Phi) is 5.54. The van der Waals surface area contributed by atoms with Crippen LogP contribution in [-0.4, -0.2) is 15.8 Å². The largest absolute Gasteiger partial charge is 0.279 e. The highest BCUT2D eigenvalue weighted by atomic mass is 32.1. The van der Waals surface area contributed by atoms with Gasteiger partial charge in [-0.15, -0.1) is 0 Å². The fourth-order valence-corrected chi connectivity index (χ4v) is 4.28. The summed E-state index contributed by atoms with van der Waals surface area (Å²) >= 11 is 1.47. The Hall–Kier alpha value is -3.58. The second kappa shape index (κ2) is 8.42. The molecule has 3 aromatic carbocycles. The topological polar surface area (TPSA) is 76.3 Å². The fourth-order valence-electron chi connectivity index (χ4n) is 3.27. The summed E-state index contributed by atoms with van der Waals surface area (Å²) in [5.41, 5.74) is 3.36. The summed E-state index contributed by atoms with van der Waals surface area (Å²) in [6, 6.07) is 21.4. The first-order valence-corrected chi connectivity index (χ1v) is 10.4. The number of hydrogen-bond acceptors (Lipinski definition) is 5. The van der Waals surface area contributed by atoms with E-state index < -0.39 is 4.92 Å². The molecular weight excluding hydrogens is 398 g/mol. The van der Waals surface area contributed by atoms with Crippen LogP contribution < -0.4 is 4.90 Å². The van der Waals surface area contributed by atoms with Crippen LogP contribution in [0.3, 0.4) is 0 Å². The predicted octanol–water partition coefficient (Wildman–Crippen LogP) is 5.61. The van der Waals surface area contributed by atoms with E-state index in [9.17, 15) is 14.9 Å². The number of nitrogens with zero attached hydrogens (tertiary/aromatic N) is 3. The number of thiazole rings is 1. The zero-order chi connectivity index (χ0) is 21.1. The molecular formula is C23H19N3O3S. The molecule has 0 N–H and O–H groups in total. The maximum Gasteiger partial charge on any atom is 0.269 e. The van der Waals surface area contributed by atoms with Crippen LogP contribution in [0.2, 0.25) is 0 Å². The second-order valence-corrected chi connectivity index (χ2v) is 7.80. The standard InChI is InChI=1S/C23H19N3O3S/c1-2-17-9-6-10-20-21(17)24-23(30-20)25(15-16-7-4-3-5-8-16)22(27)18-11-13-19(14-12-18)26(28)29/h3-14H,2,15H2,1H3. The maximum absolute atomic E-state index is 13.4. The smallest absolute Gasteiger partial charge is 0.269 e. The molecule has 0 aliphatic heterocycles. The molecule has 4 aromatic rings. The number of nitro benzene ring substituents is 1. The SMILES string of the molecule is CCc1cccc2sc(N(Cc3ccccc3)C(=O)c3ccc([N+](=O)[O-])cc3)nc12. The van der Waals surface area contributed by atoms with Crippen molar-refractivity contribution in [1.29, 1.82) is 0 Å². The van der Waals surface area contributed by atoms with Gasteiger partial charge in [0.25, 0.3) is 11.6 Å². The van der Waals surface area contributed by atoms with Crippen molar-refractivity contribution in [3.05, 3.63) is 99.6 Å². The van der Waals surface area contributed by atoms with Gasteiger partial charge in [0.15, 0.2) is 5.13 Å². The van der Waals surface area contributed by atoms with E-state index >= 15 is 0 Å². The zero-order valence-corrected chi connectivity index (χ0v) is 17.1. The lowest BCUT2D eigenvalue weighted by Gasteiger charge is -2.20. The van der Waals surface area contributed by atoms with Crippen molar-refractivity contribution in [2.45, 2.75) is 19.9 Å². The molecule has 6 nitrogen and oxygen atoms in total. The number of aryl methyl sites for hydroxylation is 1. The number of nitro groups is 1. The summed E-state index contributed by atoms with van der Waals surface area (Å²) in [5, 5.41) is 11.5. The Morgan fingerprint density at radius 2 is 1.77 bits per heavy atom. The van der Waals surface area contributed by atoms with E-state index in [2.05, 4.69) is 6.92 Å². The van der Waals surface area contributed by atoms with Gasteiger partial charge in [-0.1, -0.05) is 60.7 Å². The van der Waals surface area contributed by atoms with Crippen LogP contribution in [0.25, 0.3) is 10.2 Å². The van der Waals surface area contributed by atoms with Crippen molar-refractivity contribution in [1.82, 2.24) is 4.98 Å². The number of carbonyl (C=O) groups is 1. The van der Waals surface area contributed by atoms with Gasteiger partial charge in [0.2, 0.25) is 0 Å². The Morgan fingerprint density at radius 3 is 2.43 bits per heavy atom. The Morgan fingerprint density at radius 1 is 1.03 bits per heavy atom. The van der Waals surface area contributed by atoms with Crippen molar-refractivity contribution in [3.8, 4) is 0 Å². The molecule has 0 aliphatic carbocycles. The number of fused-ring (bicyclic) bond motifs is 1. The van der Waals surface area contributed by atoms with E-state index in [0.29, 0.717) is 17.2 Å². The average Bonchev–Trinajstić information content (AvgIpc) is 3.22. The lowest BCUT2D eigenvalue weighted by Crippen LogP contribution is -2.30. The molecule has 0 saturated carbocycles. The van der Waals surface area contributed by atoms with Crippen LogP contribution in [0, 0.1) is 10.1 Å². The van der Waals surface area contributed by atoms with E-state index in [1.807, 2.05) is 48.5 Å². The number of hydrogen-bond donors (Lipinski definition) is 0. The second-order valence-electron chi connectivity index (χ2n) is 6.79. The van der Waals surface area contributed by atoms with Gasteiger partial charge in [0.1, 0.15) is 0 Å². The van der Waals surface area contributed by atoms with Crippen molar-refractivity contribution in [3.63, 3.8) is 0 Å². The van der Waals surface area contributed by atoms with Crippen molar-refractivity contribution < 1.29 is 9.72 Å². The monoisotopic (exact) mass is 417 g/mol. The lowest BCUT2D eigenvalue weighted by molar-refractivity contribution is -0.384. The number of rotatable bonds is 6. The first kappa shape index (κ1) is 19.7. The molecule has 0 atom stereocenters. The van der Waals surface area contributed by atoms with Gasteiger partial charge in [-0.05, 0) is 35.7 Å². The van der Waals surface area contributed by atoms with E-state index in [1.165, 1.54) is 35.6 Å². The molecule has 0 fully saturated rings. The number of para-hydroxylation sites is 1. The van der Waals surface area contributed by atoms with Crippen LogP contribution in [0.15, 0.2) is 72.8 Å². The molecule has 1 aromatic heterocycles. The third-order valence-corrected chi connectivity index (χ3v) is 5.90. The number of carbonyl (C=O) groups excluding carboxylic acids is 1. The van der Waals surface area contributed by atoms with Crippen molar-refractivity contribution in [2.24, 2.45) is 0 Å². The molecule has 0 bridgehead atoms. The van der Waals surface area contributed by atoms with Crippen molar-refractivity contribution >= 4 is 38.3 Å². The molecule has 0 aliphatic rings. The summed E-state index contributed by atoms with van der Waals surface area (Å²) in [7, 11) is 0. The van der Waals surface area contributed by atoms with Crippen LogP contribution in [0.4, 0.5) is 10.8 Å². The molecule has 4 rings (SSSR count). The van der Waals surface area contributed by atoms with Gasteiger partial charge in [0, 0.05) is 17.7 Å². The Bertz CT molecular complexity index is 1200. The van der Waals surface area contributed by atoms with Gasteiger partial charge < -0.3 is 0 Å². The van der Waals surface area contributed by atoms with Crippen molar-refractivity contribution in [2.75, 3.05) is 4.90 Å². The fraction of sp³-hybridized carbons (Fsp3) is 0.130. The van der Waals surface area contributed by atoms with E-state index in [1.54, 1.807) is 4.90 Å². The number of aromatic nitrogens is 1. The highest BCUT2D eigenvalue weighted by Gasteiger charge is 2.23. The molecule has 30 heavy (non-hydrogen) atoms. The molecule has 0 unspecified atom stereocenters.